The Bertz CT molecular complexity index is 1120. The van der Waals surface area contributed by atoms with E-state index in [0.29, 0.717) is 33.7 Å². The zero-order chi connectivity index (χ0) is 21.5. The van der Waals surface area contributed by atoms with Crippen molar-refractivity contribution < 1.29 is 13.9 Å². The van der Waals surface area contributed by atoms with Crippen molar-refractivity contribution in [3.63, 3.8) is 0 Å². The highest BCUT2D eigenvalue weighted by Gasteiger charge is 2.14. The predicted octanol–water partition coefficient (Wildman–Crippen LogP) is 7.17. The number of halogens is 3. The molecule has 0 amide bonds. The second kappa shape index (κ2) is 10.2. The predicted molar refractivity (Wildman–Crippen MR) is 118 cm³/mol. The van der Waals surface area contributed by atoms with Crippen LogP contribution in [0, 0.1) is 17.1 Å². The van der Waals surface area contributed by atoms with Gasteiger partial charge in [0, 0.05) is 16.1 Å². The van der Waals surface area contributed by atoms with Crippen LogP contribution < -0.4 is 9.47 Å². The van der Waals surface area contributed by atoms with Crippen molar-refractivity contribution in [3.05, 3.63) is 93.2 Å². The Morgan fingerprint density at radius 2 is 1.77 bits per heavy atom. The zero-order valence-corrected chi connectivity index (χ0v) is 17.7. The van der Waals surface area contributed by atoms with E-state index in [0.717, 1.165) is 5.56 Å². The minimum atomic E-state index is -0.471. The van der Waals surface area contributed by atoms with Crippen LogP contribution in [0.2, 0.25) is 10.0 Å². The van der Waals surface area contributed by atoms with Gasteiger partial charge in [0.1, 0.15) is 12.4 Å². The van der Waals surface area contributed by atoms with Crippen molar-refractivity contribution in [1.29, 1.82) is 5.26 Å². The third kappa shape index (κ3) is 5.13. The molecule has 0 aliphatic heterocycles. The van der Waals surface area contributed by atoms with Gasteiger partial charge in [-0.3, -0.25) is 0 Å². The van der Waals surface area contributed by atoms with E-state index < -0.39 is 5.82 Å². The van der Waals surface area contributed by atoms with Gasteiger partial charge in [-0.15, -0.1) is 0 Å². The Morgan fingerprint density at radius 1 is 1.03 bits per heavy atom. The van der Waals surface area contributed by atoms with Crippen LogP contribution in [0.25, 0.3) is 11.6 Å². The van der Waals surface area contributed by atoms with E-state index in [2.05, 4.69) is 0 Å². The summed E-state index contributed by atoms with van der Waals surface area (Å²) < 4.78 is 25.7. The lowest BCUT2D eigenvalue weighted by Gasteiger charge is -2.15. The van der Waals surface area contributed by atoms with Gasteiger partial charge in [-0.05, 0) is 42.8 Å². The van der Waals surface area contributed by atoms with Crippen LogP contribution in [-0.2, 0) is 6.61 Å². The topological polar surface area (TPSA) is 42.2 Å². The van der Waals surface area contributed by atoms with E-state index in [1.54, 1.807) is 42.5 Å². The molecule has 0 bridgehead atoms. The van der Waals surface area contributed by atoms with E-state index in [9.17, 15) is 9.65 Å². The maximum absolute atomic E-state index is 14.1. The third-order valence-corrected chi connectivity index (χ3v) is 4.91. The fraction of sp³-hybridized carbons (Fsp3) is 0.125. The van der Waals surface area contributed by atoms with Crippen LogP contribution in [0.3, 0.4) is 0 Å². The fourth-order valence-corrected chi connectivity index (χ4v) is 3.32. The first-order valence-electron chi connectivity index (χ1n) is 9.22. The van der Waals surface area contributed by atoms with E-state index in [-0.39, 0.29) is 17.7 Å². The van der Waals surface area contributed by atoms with Crippen molar-refractivity contribution in [3.8, 4) is 17.6 Å². The number of hydrogen-bond acceptors (Lipinski definition) is 3. The minimum absolute atomic E-state index is 0.177. The molecule has 0 saturated heterocycles. The maximum atomic E-state index is 14.1. The lowest BCUT2D eigenvalue weighted by Crippen LogP contribution is -2.01. The average Bonchev–Trinajstić information content (AvgIpc) is 2.73. The molecule has 0 aliphatic rings. The standard InChI is InChI=1S/C24H18Cl2FNO2/c1-2-29-23-13-16(11-18(14-28)19-8-4-6-10-22(19)27)12-21(26)24(23)30-15-17-7-3-5-9-20(17)25/h3-13H,2,15H2,1H3. The van der Waals surface area contributed by atoms with E-state index >= 15 is 0 Å². The molecule has 6 heteroatoms. The Balaban J connectivity index is 1.95. The molecule has 0 aliphatic carbocycles. The molecule has 152 valence electrons. The molecule has 0 aromatic heterocycles. The number of nitriles is 1. The van der Waals surface area contributed by atoms with Crippen LogP contribution in [-0.4, -0.2) is 6.61 Å². The normalized spacial score (nSPS) is 11.1. The molecule has 0 atom stereocenters. The second-order valence-corrected chi connectivity index (χ2v) is 7.11. The molecule has 0 radical (unpaired) electrons. The molecule has 0 N–H and O–H groups in total. The second-order valence-electron chi connectivity index (χ2n) is 6.29. The molecule has 3 nitrogen and oxygen atoms in total. The molecular formula is C24H18Cl2FNO2. The van der Waals surface area contributed by atoms with Crippen molar-refractivity contribution in [1.82, 2.24) is 0 Å². The van der Waals surface area contributed by atoms with E-state index in [1.165, 1.54) is 6.07 Å². The number of nitrogens with zero attached hydrogens (tertiary/aromatic N) is 1. The summed E-state index contributed by atoms with van der Waals surface area (Å²) in [5.74, 6) is 0.329. The van der Waals surface area contributed by atoms with Gasteiger partial charge >= 0.3 is 0 Å². The molecule has 0 saturated carbocycles. The number of allylic oxidation sites excluding steroid dienone is 1. The van der Waals surface area contributed by atoms with Gasteiger partial charge in [-0.1, -0.05) is 59.6 Å². The Morgan fingerprint density at radius 3 is 2.47 bits per heavy atom. The van der Waals surface area contributed by atoms with Crippen LogP contribution in [0.5, 0.6) is 11.5 Å². The molecule has 0 unspecified atom stereocenters. The van der Waals surface area contributed by atoms with Gasteiger partial charge in [-0.2, -0.15) is 5.26 Å². The largest absolute Gasteiger partial charge is 0.490 e. The van der Waals surface area contributed by atoms with Crippen molar-refractivity contribution >= 4 is 34.9 Å². The Labute approximate surface area is 184 Å². The van der Waals surface area contributed by atoms with Crippen molar-refractivity contribution in [2.24, 2.45) is 0 Å². The van der Waals surface area contributed by atoms with Gasteiger partial charge in [0.15, 0.2) is 11.5 Å². The SMILES string of the molecule is CCOc1cc(C=C(C#N)c2ccccc2F)cc(Cl)c1OCc1ccccc1Cl. The smallest absolute Gasteiger partial charge is 0.180 e. The highest BCUT2D eigenvalue weighted by molar-refractivity contribution is 6.32. The Hall–Kier alpha value is -3.00. The number of rotatable bonds is 7. The molecule has 3 aromatic carbocycles. The molecular weight excluding hydrogens is 424 g/mol. The first-order valence-corrected chi connectivity index (χ1v) is 9.98. The molecule has 3 aromatic rings. The summed E-state index contributed by atoms with van der Waals surface area (Å²) in [6, 6.07) is 18.9. The highest BCUT2D eigenvalue weighted by Crippen LogP contribution is 2.38. The maximum Gasteiger partial charge on any atom is 0.180 e. The summed E-state index contributed by atoms with van der Waals surface area (Å²) in [6.07, 6.45) is 1.56. The summed E-state index contributed by atoms with van der Waals surface area (Å²) in [4.78, 5) is 0. The number of hydrogen-bond donors (Lipinski definition) is 0. The highest BCUT2D eigenvalue weighted by atomic mass is 35.5. The summed E-state index contributed by atoms with van der Waals surface area (Å²) in [7, 11) is 0. The summed E-state index contributed by atoms with van der Waals surface area (Å²) in [5, 5.41) is 10.4. The Kier molecular flexibility index (Phi) is 7.35. The molecule has 0 heterocycles. The first kappa shape index (κ1) is 21.7. The van der Waals surface area contributed by atoms with Crippen LogP contribution in [0.4, 0.5) is 4.39 Å². The quantitative estimate of drug-likeness (QED) is 0.288. The van der Waals surface area contributed by atoms with Crippen LogP contribution in [0.1, 0.15) is 23.6 Å². The molecule has 30 heavy (non-hydrogen) atoms. The van der Waals surface area contributed by atoms with Crippen LogP contribution >= 0.6 is 23.2 Å². The van der Waals surface area contributed by atoms with Gasteiger partial charge in [0.05, 0.1) is 23.3 Å². The van der Waals surface area contributed by atoms with Gasteiger partial charge in [-0.25, -0.2) is 4.39 Å². The molecule has 0 fully saturated rings. The fourth-order valence-electron chi connectivity index (χ4n) is 2.86. The van der Waals surface area contributed by atoms with Crippen LogP contribution in [0.15, 0.2) is 60.7 Å². The number of ether oxygens (including phenoxy) is 2. The lowest BCUT2D eigenvalue weighted by atomic mass is 10.0. The molecule has 3 rings (SSSR count). The zero-order valence-electron chi connectivity index (χ0n) is 16.2. The summed E-state index contributed by atoms with van der Waals surface area (Å²) in [6.45, 7) is 2.45. The van der Waals surface area contributed by atoms with Crippen molar-refractivity contribution in [2.75, 3.05) is 6.61 Å². The van der Waals surface area contributed by atoms with Gasteiger partial charge in [0.25, 0.3) is 0 Å². The number of benzene rings is 3. The average molecular weight is 442 g/mol. The summed E-state index contributed by atoms with van der Waals surface area (Å²) >= 11 is 12.6. The monoisotopic (exact) mass is 441 g/mol. The van der Waals surface area contributed by atoms with Crippen molar-refractivity contribution in [2.45, 2.75) is 13.5 Å². The van der Waals surface area contributed by atoms with Gasteiger partial charge < -0.3 is 9.47 Å². The summed E-state index contributed by atoms with van der Waals surface area (Å²) in [5.41, 5.74) is 1.80. The minimum Gasteiger partial charge on any atom is -0.490 e. The van der Waals surface area contributed by atoms with Gasteiger partial charge in [0.2, 0.25) is 0 Å². The van der Waals surface area contributed by atoms with E-state index in [1.807, 2.05) is 31.2 Å². The molecule has 0 spiro atoms. The van der Waals surface area contributed by atoms with E-state index in [4.69, 9.17) is 32.7 Å². The lowest BCUT2D eigenvalue weighted by molar-refractivity contribution is 0.269. The third-order valence-electron chi connectivity index (χ3n) is 4.26. The first-order chi connectivity index (χ1) is 14.5.